The first-order valence-corrected chi connectivity index (χ1v) is 6.96. The van der Waals surface area contributed by atoms with Crippen LogP contribution >= 0.6 is 0 Å². The number of methoxy groups -OCH3 is 2. The van der Waals surface area contributed by atoms with Gasteiger partial charge in [-0.25, -0.2) is 0 Å². The number of anilines is 1. The monoisotopic (exact) mass is 309 g/mol. The minimum absolute atomic E-state index is 0.261. The van der Waals surface area contributed by atoms with Crippen LogP contribution in [0, 0.1) is 0 Å². The van der Waals surface area contributed by atoms with Crippen LogP contribution in [0.25, 0.3) is 11.0 Å². The van der Waals surface area contributed by atoms with Crippen LogP contribution in [0.15, 0.2) is 48.8 Å². The van der Waals surface area contributed by atoms with Crippen LogP contribution in [-0.4, -0.2) is 30.1 Å². The number of nitrogens with zero attached hydrogens (tertiary/aromatic N) is 2. The van der Waals surface area contributed by atoms with Gasteiger partial charge in [-0.05, 0) is 24.3 Å². The molecule has 0 saturated carbocycles. The van der Waals surface area contributed by atoms with Crippen molar-refractivity contribution in [2.24, 2.45) is 0 Å². The normalized spacial score (nSPS) is 10.3. The molecule has 1 heterocycles. The molecule has 1 aromatic heterocycles. The quantitative estimate of drug-likeness (QED) is 0.802. The lowest BCUT2D eigenvalue weighted by Crippen LogP contribution is -2.13. The summed E-state index contributed by atoms with van der Waals surface area (Å²) in [6.45, 7) is 0. The van der Waals surface area contributed by atoms with Gasteiger partial charge >= 0.3 is 0 Å². The summed E-state index contributed by atoms with van der Waals surface area (Å²) in [5.74, 6) is 0.882. The molecule has 1 amide bonds. The summed E-state index contributed by atoms with van der Waals surface area (Å²) in [5.41, 5.74) is 2.30. The summed E-state index contributed by atoms with van der Waals surface area (Å²) >= 11 is 0. The Kier molecular flexibility index (Phi) is 4.05. The van der Waals surface area contributed by atoms with Crippen molar-refractivity contribution in [3.63, 3.8) is 0 Å². The van der Waals surface area contributed by atoms with Gasteiger partial charge in [-0.15, -0.1) is 0 Å². The smallest absolute Gasteiger partial charge is 0.257 e. The number of nitrogens with one attached hydrogen (secondary N) is 1. The molecule has 0 spiro atoms. The highest BCUT2D eigenvalue weighted by Gasteiger charge is 2.13. The number of rotatable bonds is 4. The Bertz CT molecular complexity index is 859. The summed E-state index contributed by atoms with van der Waals surface area (Å²) < 4.78 is 10.4. The highest BCUT2D eigenvalue weighted by atomic mass is 16.5. The van der Waals surface area contributed by atoms with E-state index in [0.717, 1.165) is 0 Å². The van der Waals surface area contributed by atoms with Gasteiger partial charge in [-0.3, -0.25) is 14.8 Å². The summed E-state index contributed by atoms with van der Waals surface area (Å²) in [5, 5.41) is 2.83. The molecule has 0 aliphatic rings. The SMILES string of the molecule is COc1ccc(NC(=O)c2cccc3nccnc23)cc1OC. The van der Waals surface area contributed by atoms with Crippen LogP contribution < -0.4 is 14.8 Å². The predicted octanol–water partition coefficient (Wildman–Crippen LogP) is 2.90. The molecule has 0 unspecified atom stereocenters. The number of carbonyl (C=O) groups is 1. The van der Waals surface area contributed by atoms with Gasteiger partial charge in [0.1, 0.15) is 5.52 Å². The fraction of sp³-hybridized carbons (Fsp3) is 0.118. The molecular weight excluding hydrogens is 294 g/mol. The molecule has 0 saturated heterocycles. The lowest BCUT2D eigenvalue weighted by molar-refractivity contribution is 0.102. The summed E-state index contributed by atoms with van der Waals surface area (Å²) in [4.78, 5) is 21.0. The summed E-state index contributed by atoms with van der Waals surface area (Å²) in [6.07, 6.45) is 3.16. The van der Waals surface area contributed by atoms with E-state index in [9.17, 15) is 4.79 Å². The number of hydrogen-bond acceptors (Lipinski definition) is 5. The van der Waals surface area contributed by atoms with E-state index < -0.39 is 0 Å². The maximum Gasteiger partial charge on any atom is 0.257 e. The average molecular weight is 309 g/mol. The molecule has 6 nitrogen and oxygen atoms in total. The molecular formula is C17H15N3O3. The second kappa shape index (κ2) is 6.31. The average Bonchev–Trinajstić information content (AvgIpc) is 2.61. The van der Waals surface area contributed by atoms with Crippen LogP contribution in [0.3, 0.4) is 0 Å². The van der Waals surface area contributed by atoms with Gasteiger partial charge in [-0.2, -0.15) is 0 Å². The lowest BCUT2D eigenvalue weighted by atomic mass is 10.1. The fourth-order valence-corrected chi connectivity index (χ4v) is 2.29. The van der Waals surface area contributed by atoms with Crippen molar-refractivity contribution in [1.82, 2.24) is 9.97 Å². The third-order valence-corrected chi connectivity index (χ3v) is 3.38. The zero-order valence-electron chi connectivity index (χ0n) is 12.7. The van der Waals surface area contributed by atoms with Crippen LogP contribution in [0.4, 0.5) is 5.69 Å². The molecule has 0 aliphatic carbocycles. The van der Waals surface area contributed by atoms with E-state index in [1.54, 1.807) is 56.9 Å². The van der Waals surface area contributed by atoms with Gasteiger partial charge in [0, 0.05) is 24.1 Å². The Balaban J connectivity index is 1.92. The Morgan fingerprint density at radius 1 is 1.00 bits per heavy atom. The molecule has 0 radical (unpaired) electrons. The number of benzene rings is 2. The Morgan fingerprint density at radius 2 is 1.78 bits per heavy atom. The van der Waals surface area contributed by atoms with E-state index in [-0.39, 0.29) is 5.91 Å². The van der Waals surface area contributed by atoms with Gasteiger partial charge in [0.05, 0.1) is 25.3 Å². The van der Waals surface area contributed by atoms with E-state index >= 15 is 0 Å². The first-order chi connectivity index (χ1) is 11.2. The largest absolute Gasteiger partial charge is 0.493 e. The van der Waals surface area contributed by atoms with Gasteiger partial charge in [0.15, 0.2) is 11.5 Å². The van der Waals surface area contributed by atoms with E-state index in [4.69, 9.17) is 9.47 Å². The zero-order chi connectivity index (χ0) is 16.2. The Morgan fingerprint density at radius 3 is 2.57 bits per heavy atom. The fourth-order valence-electron chi connectivity index (χ4n) is 2.29. The molecule has 3 rings (SSSR count). The second-order valence-corrected chi connectivity index (χ2v) is 4.75. The van der Waals surface area contributed by atoms with Crippen molar-refractivity contribution in [1.29, 1.82) is 0 Å². The van der Waals surface area contributed by atoms with Gasteiger partial charge < -0.3 is 14.8 Å². The molecule has 116 valence electrons. The molecule has 0 bridgehead atoms. The van der Waals surface area contributed by atoms with Gasteiger partial charge in [0.25, 0.3) is 5.91 Å². The number of aromatic nitrogens is 2. The second-order valence-electron chi connectivity index (χ2n) is 4.75. The number of fused-ring (bicyclic) bond motifs is 1. The Labute approximate surface area is 133 Å². The van der Waals surface area contributed by atoms with Crippen molar-refractivity contribution in [2.75, 3.05) is 19.5 Å². The predicted molar refractivity (Wildman–Crippen MR) is 87.0 cm³/mol. The number of para-hydroxylation sites is 1. The van der Waals surface area contributed by atoms with Crippen molar-refractivity contribution >= 4 is 22.6 Å². The first-order valence-electron chi connectivity index (χ1n) is 6.96. The topological polar surface area (TPSA) is 73.3 Å². The number of carbonyl (C=O) groups excluding carboxylic acids is 1. The minimum Gasteiger partial charge on any atom is -0.493 e. The first kappa shape index (κ1) is 14.8. The van der Waals surface area contributed by atoms with Gasteiger partial charge in [-0.1, -0.05) is 6.07 Å². The highest BCUT2D eigenvalue weighted by Crippen LogP contribution is 2.30. The standard InChI is InChI=1S/C17H15N3O3/c1-22-14-7-6-11(10-15(14)23-2)20-17(21)12-4-3-5-13-16(12)19-9-8-18-13/h3-10H,1-2H3,(H,20,21). The number of amides is 1. The van der Waals surface area contributed by atoms with E-state index in [2.05, 4.69) is 15.3 Å². The van der Waals surface area contributed by atoms with Crippen molar-refractivity contribution < 1.29 is 14.3 Å². The molecule has 2 aromatic carbocycles. The Hall–Kier alpha value is -3.15. The molecule has 6 heteroatoms. The van der Waals surface area contributed by atoms with Gasteiger partial charge in [0.2, 0.25) is 0 Å². The highest BCUT2D eigenvalue weighted by molar-refractivity contribution is 6.11. The van der Waals surface area contributed by atoms with Crippen LogP contribution in [0.5, 0.6) is 11.5 Å². The van der Waals surface area contributed by atoms with E-state index in [1.165, 1.54) is 0 Å². The maximum atomic E-state index is 12.5. The number of ether oxygens (including phenoxy) is 2. The molecule has 3 aromatic rings. The van der Waals surface area contributed by atoms with E-state index in [1.807, 2.05) is 6.07 Å². The molecule has 1 N–H and O–H groups in total. The molecule has 0 atom stereocenters. The zero-order valence-corrected chi connectivity index (χ0v) is 12.7. The van der Waals surface area contributed by atoms with Crippen LogP contribution in [-0.2, 0) is 0 Å². The van der Waals surface area contributed by atoms with E-state index in [0.29, 0.717) is 33.8 Å². The molecule has 0 fully saturated rings. The van der Waals surface area contributed by atoms with Crippen LogP contribution in [0.2, 0.25) is 0 Å². The van der Waals surface area contributed by atoms with Crippen molar-refractivity contribution in [3.05, 3.63) is 54.4 Å². The van der Waals surface area contributed by atoms with Crippen molar-refractivity contribution in [2.45, 2.75) is 0 Å². The summed E-state index contributed by atoms with van der Waals surface area (Å²) in [7, 11) is 3.11. The molecule has 0 aliphatic heterocycles. The minimum atomic E-state index is -0.261. The third kappa shape index (κ3) is 2.91. The maximum absolute atomic E-state index is 12.5. The number of hydrogen-bond donors (Lipinski definition) is 1. The lowest BCUT2D eigenvalue weighted by Gasteiger charge is -2.11. The molecule has 23 heavy (non-hydrogen) atoms. The summed E-state index contributed by atoms with van der Waals surface area (Å²) in [6, 6.07) is 10.5. The van der Waals surface area contributed by atoms with Crippen molar-refractivity contribution in [3.8, 4) is 11.5 Å². The van der Waals surface area contributed by atoms with Crippen LogP contribution in [0.1, 0.15) is 10.4 Å². The third-order valence-electron chi connectivity index (χ3n) is 3.38.